The largest absolute Gasteiger partial charge is 0.456 e. The molecular formula is C17H16FN3O4. The van der Waals surface area contributed by atoms with E-state index in [0.717, 1.165) is 0 Å². The van der Waals surface area contributed by atoms with Gasteiger partial charge in [0.25, 0.3) is 0 Å². The Hall–Kier alpha value is -2.90. The second kappa shape index (κ2) is 5.58. The van der Waals surface area contributed by atoms with Crippen LogP contribution in [0.25, 0.3) is 0 Å². The van der Waals surface area contributed by atoms with Crippen LogP contribution in [0, 0.1) is 11.7 Å². The molecule has 1 aromatic carbocycles. The van der Waals surface area contributed by atoms with Crippen molar-refractivity contribution in [3.63, 3.8) is 0 Å². The Bertz CT molecular complexity index is 822. The Kier molecular flexibility index (Phi) is 3.48. The van der Waals surface area contributed by atoms with E-state index in [0.29, 0.717) is 23.4 Å². The minimum Gasteiger partial charge on any atom is -0.456 e. The lowest BCUT2D eigenvalue weighted by molar-refractivity contribution is -0.136. The summed E-state index contributed by atoms with van der Waals surface area (Å²) in [6.45, 7) is 2.22. The number of nitrogens with one attached hydrogen (secondary N) is 2. The van der Waals surface area contributed by atoms with Crippen molar-refractivity contribution in [3.05, 3.63) is 46.9 Å². The number of nitrogens with zero attached hydrogens (tertiary/aromatic N) is 1. The number of benzene rings is 1. The zero-order chi connectivity index (χ0) is 17.7. The Morgan fingerprint density at radius 2 is 2.12 bits per heavy atom. The number of rotatable bonds is 2. The average Bonchev–Trinajstić information content (AvgIpc) is 2.94. The first kappa shape index (κ1) is 15.6. The highest BCUT2D eigenvalue weighted by Crippen LogP contribution is 2.43. The van der Waals surface area contributed by atoms with Gasteiger partial charge >= 0.3 is 12.0 Å². The van der Waals surface area contributed by atoms with Gasteiger partial charge in [-0.1, -0.05) is 12.1 Å². The summed E-state index contributed by atoms with van der Waals surface area (Å²) < 4.78 is 18.9. The van der Waals surface area contributed by atoms with E-state index >= 15 is 0 Å². The zero-order valence-electron chi connectivity index (χ0n) is 13.4. The van der Waals surface area contributed by atoms with Gasteiger partial charge in [-0.2, -0.15) is 0 Å². The average molecular weight is 345 g/mol. The number of carbonyl (C=O) groups is 3. The van der Waals surface area contributed by atoms with Crippen LogP contribution in [0.5, 0.6) is 0 Å². The van der Waals surface area contributed by atoms with Crippen LogP contribution in [0.1, 0.15) is 18.4 Å². The number of fused-ring (bicyclic) bond motifs is 1. The third kappa shape index (κ3) is 2.28. The maximum absolute atomic E-state index is 13.8. The molecule has 3 aliphatic rings. The fraction of sp³-hybridized carbons (Fsp3) is 0.353. The predicted molar refractivity (Wildman–Crippen MR) is 83.5 cm³/mol. The van der Waals surface area contributed by atoms with Gasteiger partial charge in [0.15, 0.2) is 0 Å². The molecule has 4 rings (SSSR count). The molecule has 25 heavy (non-hydrogen) atoms. The van der Waals surface area contributed by atoms with Crippen molar-refractivity contribution < 1.29 is 23.5 Å². The van der Waals surface area contributed by atoms with E-state index in [1.54, 1.807) is 13.0 Å². The summed E-state index contributed by atoms with van der Waals surface area (Å²) >= 11 is 0. The Balaban J connectivity index is 1.88. The van der Waals surface area contributed by atoms with Crippen molar-refractivity contribution in [2.24, 2.45) is 5.92 Å². The molecule has 3 aliphatic heterocycles. The van der Waals surface area contributed by atoms with Gasteiger partial charge in [0, 0.05) is 12.5 Å². The quantitative estimate of drug-likeness (QED) is 0.776. The normalized spacial score (nSPS) is 28.2. The molecule has 3 unspecified atom stereocenters. The third-order valence-electron chi connectivity index (χ3n) is 4.90. The van der Waals surface area contributed by atoms with Crippen molar-refractivity contribution in [1.82, 2.24) is 15.5 Å². The first-order valence-electron chi connectivity index (χ1n) is 8.05. The van der Waals surface area contributed by atoms with Crippen LogP contribution in [0.4, 0.5) is 9.18 Å². The first-order valence-corrected chi connectivity index (χ1v) is 8.05. The van der Waals surface area contributed by atoms with Gasteiger partial charge in [-0.05, 0) is 24.6 Å². The number of halogens is 1. The lowest BCUT2D eigenvalue weighted by atomic mass is 9.74. The van der Waals surface area contributed by atoms with Crippen LogP contribution >= 0.6 is 0 Å². The molecule has 3 amide bonds. The van der Waals surface area contributed by atoms with E-state index in [-0.39, 0.29) is 6.61 Å². The Labute approximate surface area is 142 Å². The molecule has 0 aliphatic carbocycles. The van der Waals surface area contributed by atoms with Crippen LogP contribution in [0.15, 0.2) is 35.5 Å². The number of imide groups is 1. The minimum atomic E-state index is -0.760. The van der Waals surface area contributed by atoms with Crippen LogP contribution in [-0.4, -0.2) is 42.1 Å². The molecule has 8 heteroatoms. The molecule has 0 bridgehead atoms. The fourth-order valence-electron chi connectivity index (χ4n) is 3.85. The topological polar surface area (TPSA) is 87.7 Å². The molecule has 130 valence electrons. The highest BCUT2D eigenvalue weighted by Gasteiger charge is 2.53. The van der Waals surface area contributed by atoms with E-state index in [1.807, 2.05) is 0 Å². The summed E-state index contributed by atoms with van der Waals surface area (Å²) in [5.74, 6) is -2.92. The third-order valence-corrected chi connectivity index (χ3v) is 4.90. The lowest BCUT2D eigenvalue weighted by Crippen LogP contribution is -2.67. The first-order chi connectivity index (χ1) is 12.0. The summed E-state index contributed by atoms with van der Waals surface area (Å²) in [5, 5.41) is 5.44. The van der Waals surface area contributed by atoms with Gasteiger partial charge in [-0.25, -0.2) is 14.0 Å². The molecule has 1 saturated heterocycles. The fourth-order valence-corrected chi connectivity index (χ4v) is 3.85. The van der Waals surface area contributed by atoms with Crippen LogP contribution < -0.4 is 10.6 Å². The molecule has 0 aromatic heterocycles. The molecule has 1 aromatic rings. The van der Waals surface area contributed by atoms with Crippen LogP contribution in [0.3, 0.4) is 0 Å². The van der Waals surface area contributed by atoms with Crippen molar-refractivity contribution in [3.8, 4) is 0 Å². The van der Waals surface area contributed by atoms with Gasteiger partial charge < -0.3 is 15.0 Å². The second-order valence-corrected chi connectivity index (χ2v) is 6.20. The summed E-state index contributed by atoms with van der Waals surface area (Å²) in [5.41, 5.74) is 1.37. The van der Waals surface area contributed by atoms with Crippen molar-refractivity contribution >= 4 is 17.9 Å². The van der Waals surface area contributed by atoms with Crippen molar-refractivity contribution in [2.45, 2.75) is 19.0 Å². The molecule has 0 saturated carbocycles. The summed E-state index contributed by atoms with van der Waals surface area (Å²) in [6, 6.07) is 5.32. The van der Waals surface area contributed by atoms with E-state index in [9.17, 15) is 18.8 Å². The number of esters is 1. The van der Waals surface area contributed by atoms with Gasteiger partial charge in [-0.15, -0.1) is 0 Å². The molecule has 0 radical (unpaired) electrons. The monoisotopic (exact) mass is 345 g/mol. The lowest BCUT2D eigenvalue weighted by Gasteiger charge is -2.46. The Morgan fingerprint density at radius 3 is 2.84 bits per heavy atom. The maximum Gasteiger partial charge on any atom is 0.336 e. The molecule has 7 nitrogen and oxygen atoms in total. The maximum atomic E-state index is 13.8. The molecule has 3 heterocycles. The van der Waals surface area contributed by atoms with Gasteiger partial charge in [0.1, 0.15) is 18.6 Å². The smallest absolute Gasteiger partial charge is 0.336 e. The number of cyclic esters (lactones) is 1. The van der Waals surface area contributed by atoms with E-state index in [4.69, 9.17) is 4.74 Å². The minimum absolute atomic E-state index is 0.0521. The highest BCUT2D eigenvalue weighted by molar-refractivity contribution is 6.02. The van der Waals surface area contributed by atoms with Crippen LogP contribution in [0.2, 0.25) is 0 Å². The summed E-state index contributed by atoms with van der Waals surface area (Å²) in [6.07, 6.45) is -0.618. The molecule has 0 spiro atoms. The standard InChI is InChI=1S/C17H16FN3O4/c1-2-21-14-13(15(22)20-17(21)24)11(8-4-3-5-9(18)6-8)12-10(19-14)7-25-16(12)23/h3-6,11,13-14,19H,2,7H2,1H3,(H,20,22,24). The van der Waals surface area contributed by atoms with Gasteiger partial charge in [-0.3, -0.25) is 10.1 Å². The highest BCUT2D eigenvalue weighted by atomic mass is 19.1. The van der Waals surface area contributed by atoms with Crippen LogP contribution in [-0.2, 0) is 14.3 Å². The van der Waals surface area contributed by atoms with E-state index in [2.05, 4.69) is 10.6 Å². The zero-order valence-corrected chi connectivity index (χ0v) is 13.4. The molecule has 3 atom stereocenters. The van der Waals surface area contributed by atoms with Crippen molar-refractivity contribution in [2.75, 3.05) is 13.2 Å². The number of hydrogen-bond donors (Lipinski definition) is 2. The Morgan fingerprint density at radius 1 is 1.32 bits per heavy atom. The van der Waals surface area contributed by atoms with Gasteiger partial charge in [0.05, 0.1) is 17.2 Å². The number of ether oxygens (including phenoxy) is 1. The summed E-state index contributed by atoms with van der Waals surface area (Å²) in [4.78, 5) is 38.5. The van der Waals surface area contributed by atoms with E-state index < -0.39 is 41.7 Å². The van der Waals surface area contributed by atoms with Crippen molar-refractivity contribution in [1.29, 1.82) is 0 Å². The number of carbonyl (C=O) groups excluding carboxylic acids is 3. The molecular weight excluding hydrogens is 329 g/mol. The molecule has 2 N–H and O–H groups in total. The second-order valence-electron chi connectivity index (χ2n) is 6.20. The SMILES string of the molecule is CCN1C(=O)NC(=O)C2C(c3cccc(F)c3)C3=C(COC3=O)NC21. The summed E-state index contributed by atoms with van der Waals surface area (Å²) in [7, 11) is 0. The number of amides is 3. The number of urea groups is 1. The number of hydrogen-bond acceptors (Lipinski definition) is 5. The van der Waals surface area contributed by atoms with E-state index in [1.165, 1.54) is 23.1 Å². The molecule has 1 fully saturated rings. The predicted octanol–water partition coefficient (Wildman–Crippen LogP) is 0.837. The van der Waals surface area contributed by atoms with Gasteiger partial charge in [0.2, 0.25) is 5.91 Å².